The van der Waals surface area contributed by atoms with Crippen molar-refractivity contribution in [1.29, 1.82) is 0 Å². The van der Waals surface area contributed by atoms with Crippen molar-refractivity contribution in [2.75, 3.05) is 5.32 Å². The van der Waals surface area contributed by atoms with Crippen LogP contribution in [0.4, 0.5) is 5.13 Å². The summed E-state index contributed by atoms with van der Waals surface area (Å²) in [5.41, 5.74) is 5.55. The maximum absolute atomic E-state index is 11.4. The highest BCUT2D eigenvalue weighted by atomic mass is 32.1. The summed E-state index contributed by atoms with van der Waals surface area (Å²) in [5.74, 6) is 0.00561. The quantitative estimate of drug-likeness (QED) is 0.734. The lowest BCUT2D eigenvalue weighted by Crippen LogP contribution is -2.18. The summed E-state index contributed by atoms with van der Waals surface area (Å²) in [7, 11) is 0. The highest BCUT2D eigenvalue weighted by molar-refractivity contribution is 7.15. The summed E-state index contributed by atoms with van der Waals surface area (Å²) in [5, 5.41) is 3.41. The van der Waals surface area contributed by atoms with Crippen LogP contribution < -0.4 is 11.1 Å². The molecule has 70 valence electrons. The number of amides is 1. The average Bonchev–Trinajstić information content (AvgIpc) is 2.66. The lowest BCUT2D eigenvalue weighted by atomic mass is 10.4. The summed E-state index contributed by atoms with van der Waals surface area (Å²) in [4.78, 5) is 16.5. The molecule has 0 saturated heterocycles. The molecule has 0 spiro atoms. The third-order valence-corrected chi connectivity index (χ3v) is 2.86. The summed E-state index contributed by atoms with van der Waals surface area (Å²) in [6, 6.07) is 0.0565. The molecular formula is C8H11N3OS. The number of carbonyl (C=O) groups is 1. The van der Waals surface area contributed by atoms with E-state index in [0.717, 1.165) is 11.3 Å². The number of rotatable bonds is 2. The molecule has 1 saturated carbocycles. The van der Waals surface area contributed by atoms with Gasteiger partial charge in [0.15, 0.2) is 5.13 Å². The molecule has 0 aromatic carbocycles. The molecule has 1 aliphatic carbocycles. The maximum Gasteiger partial charge on any atom is 0.230 e. The molecule has 1 heterocycles. The number of hydrogen-bond acceptors (Lipinski definition) is 4. The van der Waals surface area contributed by atoms with Crippen molar-refractivity contribution < 1.29 is 4.79 Å². The molecule has 2 rings (SSSR count). The van der Waals surface area contributed by atoms with E-state index in [-0.39, 0.29) is 17.9 Å². The van der Waals surface area contributed by atoms with Crippen LogP contribution in [-0.2, 0) is 4.79 Å². The number of carbonyl (C=O) groups excluding carboxylic acids is 1. The first-order chi connectivity index (χ1) is 6.16. The fourth-order valence-corrected chi connectivity index (χ4v) is 1.79. The Labute approximate surface area is 80.2 Å². The number of aryl methyl sites for hydroxylation is 1. The largest absolute Gasteiger partial charge is 0.327 e. The summed E-state index contributed by atoms with van der Waals surface area (Å²) in [6.07, 6.45) is 2.54. The van der Waals surface area contributed by atoms with E-state index in [2.05, 4.69) is 10.3 Å². The third-order valence-electron chi connectivity index (χ3n) is 2.03. The van der Waals surface area contributed by atoms with E-state index < -0.39 is 0 Å². The third kappa shape index (κ3) is 1.87. The van der Waals surface area contributed by atoms with Crippen molar-refractivity contribution >= 4 is 22.4 Å². The Morgan fingerprint density at radius 2 is 2.54 bits per heavy atom. The number of nitrogens with two attached hydrogens (primary N) is 1. The van der Waals surface area contributed by atoms with Gasteiger partial charge in [-0.15, -0.1) is 11.3 Å². The Bertz CT molecular complexity index is 336. The van der Waals surface area contributed by atoms with E-state index in [0.29, 0.717) is 5.13 Å². The van der Waals surface area contributed by atoms with E-state index in [1.165, 1.54) is 11.3 Å². The number of hydrogen-bond donors (Lipinski definition) is 2. The van der Waals surface area contributed by atoms with Crippen LogP contribution in [-0.4, -0.2) is 16.9 Å². The van der Waals surface area contributed by atoms with Crippen LogP contribution >= 0.6 is 11.3 Å². The van der Waals surface area contributed by atoms with Gasteiger partial charge in [0.2, 0.25) is 5.91 Å². The molecule has 1 amide bonds. The Hall–Kier alpha value is -0.940. The smallest absolute Gasteiger partial charge is 0.230 e. The normalized spacial score (nSPS) is 25.7. The Morgan fingerprint density at radius 3 is 3.00 bits per heavy atom. The first kappa shape index (κ1) is 8.65. The van der Waals surface area contributed by atoms with Crippen LogP contribution in [0.3, 0.4) is 0 Å². The first-order valence-electron chi connectivity index (χ1n) is 4.15. The highest BCUT2D eigenvalue weighted by Gasteiger charge is 2.40. The molecular weight excluding hydrogens is 186 g/mol. The minimum atomic E-state index is 0.00171. The van der Waals surface area contributed by atoms with Crippen LogP contribution in [0.2, 0.25) is 0 Å². The average molecular weight is 197 g/mol. The van der Waals surface area contributed by atoms with Gasteiger partial charge in [-0.3, -0.25) is 4.79 Å². The SMILES string of the molecule is Cc1cnc(NC(=O)C2CC2N)s1. The van der Waals surface area contributed by atoms with Crippen molar-refractivity contribution in [2.45, 2.75) is 19.4 Å². The van der Waals surface area contributed by atoms with E-state index >= 15 is 0 Å². The molecule has 2 atom stereocenters. The van der Waals surface area contributed by atoms with E-state index in [9.17, 15) is 4.79 Å². The maximum atomic E-state index is 11.4. The molecule has 0 radical (unpaired) electrons. The van der Waals surface area contributed by atoms with Gasteiger partial charge in [-0.2, -0.15) is 0 Å². The standard InChI is InChI=1S/C8H11N3OS/c1-4-3-10-8(13-4)11-7(12)5-2-6(5)9/h3,5-6H,2,9H2,1H3,(H,10,11,12). The lowest BCUT2D eigenvalue weighted by Gasteiger charge is -1.97. The second-order valence-corrected chi connectivity index (χ2v) is 4.51. The summed E-state index contributed by atoms with van der Waals surface area (Å²) < 4.78 is 0. The van der Waals surface area contributed by atoms with Gasteiger partial charge in [-0.25, -0.2) is 4.98 Å². The fourth-order valence-electron chi connectivity index (χ4n) is 1.13. The molecule has 2 unspecified atom stereocenters. The van der Waals surface area contributed by atoms with Crippen LogP contribution in [0.5, 0.6) is 0 Å². The number of nitrogens with one attached hydrogen (secondary N) is 1. The van der Waals surface area contributed by atoms with Gasteiger partial charge in [0.05, 0.1) is 5.92 Å². The predicted molar refractivity (Wildman–Crippen MR) is 51.6 cm³/mol. The van der Waals surface area contributed by atoms with E-state index in [1.807, 2.05) is 6.92 Å². The zero-order valence-electron chi connectivity index (χ0n) is 7.28. The van der Waals surface area contributed by atoms with Crippen molar-refractivity contribution in [3.8, 4) is 0 Å². The molecule has 1 fully saturated rings. The second-order valence-electron chi connectivity index (χ2n) is 3.27. The molecule has 0 aliphatic heterocycles. The van der Waals surface area contributed by atoms with Crippen molar-refractivity contribution in [2.24, 2.45) is 11.7 Å². The first-order valence-corrected chi connectivity index (χ1v) is 4.97. The molecule has 0 bridgehead atoms. The van der Waals surface area contributed by atoms with E-state index in [4.69, 9.17) is 5.73 Å². The Kier molecular flexibility index (Phi) is 2.05. The number of anilines is 1. The van der Waals surface area contributed by atoms with Crippen LogP contribution in [0, 0.1) is 12.8 Å². The fraction of sp³-hybridized carbons (Fsp3) is 0.500. The highest BCUT2D eigenvalue weighted by Crippen LogP contribution is 2.29. The topological polar surface area (TPSA) is 68.0 Å². The molecule has 4 nitrogen and oxygen atoms in total. The van der Waals surface area contributed by atoms with Gasteiger partial charge in [0.25, 0.3) is 0 Å². The van der Waals surface area contributed by atoms with Gasteiger partial charge < -0.3 is 11.1 Å². The zero-order valence-corrected chi connectivity index (χ0v) is 8.10. The molecule has 5 heteroatoms. The van der Waals surface area contributed by atoms with Crippen LogP contribution in [0.25, 0.3) is 0 Å². The molecule has 1 aromatic rings. The van der Waals surface area contributed by atoms with Crippen molar-refractivity contribution in [3.05, 3.63) is 11.1 Å². The van der Waals surface area contributed by atoms with Gasteiger partial charge in [0.1, 0.15) is 0 Å². The van der Waals surface area contributed by atoms with Gasteiger partial charge in [0, 0.05) is 17.1 Å². The predicted octanol–water partition coefficient (Wildman–Crippen LogP) is 0.737. The Morgan fingerprint density at radius 1 is 1.85 bits per heavy atom. The number of thiazole rings is 1. The van der Waals surface area contributed by atoms with Gasteiger partial charge in [-0.1, -0.05) is 0 Å². The Balaban J connectivity index is 1.95. The van der Waals surface area contributed by atoms with Crippen molar-refractivity contribution in [1.82, 2.24) is 4.98 Å². The molecule has 13 heavy (non-hydrogen) atoms. The van der Waals surface area contributed by atoms with Gasteiger partial charge >= 0.3 is 0 Å². The molecule has 1 aromatic heterocycles. The van der Waals surface area contributed by atoms with Crippen LogP contribution in [0.1, 0.15) is 11.3 Å². The molecule has 3 N–H and O–H groups in total. The van der Waals surface area contributed by atoms with Gasteiger partial charge in [-0.05, 0) is 13.3 Å². The van der Waals surface area contributed by atoms with Crippen LogP contribution in [0.15, 0.2) is 6.20 Å². The number of aromatic nitrogens is 1. The summed E-state index contributed by atoms with van der Waals surface area (Å²) in [6.45, 7) is 1.95. The minimum absolute atomic E-state index is 0.00171. The van der Waals surface area contributed by atoms with Crippen molar-refractivity contribution in [3.63, 3.8) is 0 Å². The van der Waals surface area contributed by atoms with E-state index in [1.54, 1.807) is 6.20 Å². The summed E-state index contributed by atoms with van der Waals surface area (Å²) >= 11 is 1.48. The number of nitrogens with zero attached hydrogens (tertiary/aromatic N) is 1. The minimum Gasteiger partial charge on any atom is -0.327 e. The molecule has 1 aliphatic rings. The second kappa shape index (κ2) is 3.08. The monoisotopic (exact) mass is 197 g/mol. The lowest BCUT2D eigenvalue weighted by molar-refractivity contribution is -0.117. The zero-order chi connectivity index (χ0) is 9.42.